The Kier molecular flexibility index (Phi) is 4.26. The third-order valence-electron chi connectivity index (χ3n) is 5.20. The van der Waals surface area contributed by atoms with Gasteiger partial charge in [0.25, 0.3) is 11.8 Å². The summed E-state index contributed by atoms with van der Waals surface area (Å²) in [7, 11) is 0. The summed E-state index contributed by atoms with van der Waals surface area (Å²) in [4.78, 5) is 29.9. The van der Waals surface area contributed by atoms with Crippen molar-refractivity contribution in [3.05, 3.63) is 77.1 Å². The first-order valence-corrected chi connectivity index (χ1v) is 9.08. The Bertz CT molecular complexity index is 1190. The van der Waals surface area contributed by atoms with E-state index >= 15 is 0 Å². The molecule has 0 fully saturated rings. The lowest BCUT2D eigenvalue weighted by Crippen LogP contribution is -2.37. The SMILES string of the molecule is CC1(C)CN(C(=O)c2ccc(F)c(F)c2)C=C(C(N)=O)c2[nH]c3ccccc3c21. The molecule has 0 saturated carbocycles. The Morgan fingerprint density at radius 2 is 1.83 bits per heavy atom. The molecule has 1 aliphatic heterocycles. The lowest BCUT2D eigenvalue weighted by atomic mass is 9.81. The van der Waals surface area contributed by atoms with E-state index in [4.69, 9.17) is 5.73 Å². The van der Waals surface area contributed by atoms with Crippen LogP contribution in [0.1, 0.15) is 35.5 Å². The number of carbonyl (C=O) groups is 2. The van der Waals surface area contributed by atoms with Crippen molar-refractivity contribution in [1.29, 1.82) is 0 Å². The number of nitrogens with two attached hydrogens (primary N) is 1. The van der Waals surface area contributed by atoms with Crippen LogP contribution in [0.15, 0.2) is 48.7 Å². The normalized spacial score (nSPS) is 15.6. The predicted octanol–water partition coefficient (Wildman–Crippen LogP) is 3.71. The van der Waals surface area contributed by atoms with Crippen molar-refractivity contribution in [1.82, 2.24) is 9.88 Å². The van der Waals surface area contributed by atoms with E-state index in [2.05, 4.69) is 4.98 Å². The summed E-state index contributed by atoms with van der Waals surface area (Å²) in [6.45, 7) is 4.13. The molecule has 0 aliphatic carbocycles. The number of nitrogens with zero attached hydrogens (tertiary/aromatic N) is 1. The number of hydrogen-bond donors (Lipinski definition) is 2. The molecular weight excluding hydrogens is 376 g/mol. The van der Waals surface area contributed by atoms with E-state index < -0.39 is 28.9 Å². The molecular formula is C22H19F2N3O2. The van der Waals surface area contributed by atoms with Crippen LogP contribution in [0, 0.1) is 11.6 Å². The number of fused-ring (bicyclic) bond motifs is 3. The Balaban J connectivity index is 1.88. The van der Waals surface area contributed by atoms with Gasteiger partial charge >= 0.3 is 0 Å². The van der Waals surface area contributed by atoms with Crippen molar-refractivity contribution in [2.45, 2.75) is 19.3 Å². The minimum absolute atomic E-state index is 0.0183. The summed E-state index contributed by atoms with van der Waals surface area (Å²) in [6, 6.07) is 10.6. The number of benzene rings is 2. The van der Waals surface area contributed by atoms with Gasteiger partial charge in [0.2, 0.25) is 0 Å². The number of amides is 2. The molecule has 1 aromatic heterocycles. The third-order valence-corrected chi connectivity index (χ3v) is 5.20. The first-order valence-electron chi connectivity index (χ1n) is 9.08. The molecule has 3 N–H and O–H groups in total. The van der Waals surface area contributed by atoms with Crippen molar-refractivity contribution >= 4 is 28.3 Å². The summed E-state index contributed by atoms with van der Waals surface area (Å²) in [5, 5.41) is 0.932. The topological polar surface area (TPSA) is 79.2 Å². The molecule has 0 atom stereocenters. The van der Waals surface area contributed by atoms with E-state index in [0.29, 0.717) is 5.69 Å². The van der Waals surface area contributed by atoms with Gasteiger partial charge in [-0.2, -0.15) is 0 Å². The molecule has 2 aromatic carbocycles. The number of primary amides is 1. The highest BCUT2D eigenvalue weighted by molar-refractivity contribution is 6.20. The second-order valence-corrected chi connectivity index (χ2v) is 7.77. The largest absolute Gasteiger partial charge is 0.365 e. The number of aromatic amines is 1. The van der Waals surface area contributed by atoms with E-state index in [1.807, 2.05) is 38.1 Å². The van der Waals surface area contributed by atoms with Gasteiger partial charge in [-0.05, 0) is 29.8 Å². The summed E-state index contributed by atoms with van der Waals surface area (Å²) in [5.74, 6) is -3.39. The average molecular weight is 395 g/mol. The third kappa shape index (κ3) is 3.08. The van der Waals surface area contributed by atoms with Crippen molar-refractivity contribution in [2.75, 3.05) is 6.54 Å². The Hall–Kier alpha value is -3.48. The Morgan fingerprint density at radius 1 is 1.10 bits per heavy atom. The maximum absolute atomic E-state index is 13.6. The molecule has 29 heavy (non-hydrogen) atoms. The van der Waals surface area contributed by atoms with Crippen molar-refractivity contribution in [2.24, 2.45) is 5.73 Å². The number of para-hydroxylation sites is 1. The maximum Gasteiger partial charge on any atom is 0.257 e. The van der Waals surface area contributed by atoms with Crippen molar-refractivity contribution in [3.8, 4) is 0 Å². The van der Waals surface area contributed by atoms with Gasteiger partial charge < -0.3 is 15.6 Å². The molecule has 0 unspecified atom stereocenters. The molecule has 0 saturated heterocycles. The molecule has 4 rings (SSSR count). The maximum atomic E-state index is 13.6. The van der Waals surface area contributed by atoms with Gasteiger partial charge in [-0.25, -0.2) is 8.78 Å². The van der Waals surface area contributed by atoms with Crippen LogP contribution in [0.5, 0.6) is 0 Å². The Labute approximate surface area is 165 Å². The highest BCUT2D eigenvalue weighted by atomic mass is 19.2. The van der Waals surface area contributed by atoms with Crippen molar-refractivity contribution in [3.63, 3.8) is 0 Å². The van der Waals surface area contributed by atoms with Gasteiger partial charge in [-0.3, -0.25) is 9.59 Å². The van der Waals surface area contributed by atoms with E-state index in [0.717, 1.165) is 28.6 Å². The molecule has 148 valence electrons. The highest BCUT2D eigenvalue weighted by Crippen LogP contribution is 2.40. The summed E-state index contributed by atoms with van der Waals surface area (Å²) in [5.41, 5.74) is 7.50. The smallest absolute Gasteiger partial charge is 0.257 e. The second kappa shape index (κ2) is 6.55. The van der Waals surface area contributed by atoms with E-state index in [1.165, 1.54) is 17.2 Å². The zero-order valence-corrected chi connectivity index (χ0v) is 15.9. The number of H-pyrrole nitrogens is 1. The van der Waals surface area contributed by atoms with Crippen LogP contribution in [0.2, 0.25) is 0 Å². The number of hydrogen-bond acceptors (Lipinski definition) is 2. The van der Waals surface area contributed by atoms with Crippen molar-refractivity contribution < 1.29 is 18.4 Å². The Morgan fingerprint density at radius 3 is 2.52 bits per heavy atom. The van der Waals surface area contributed by atoms with E-state index in [1.54, 1.807) is 0 Å². The molecule has 7 heteroatoms. The molecule has 2 heterocycles. The molecule has 2 amide bonds. The van der Waals surface area contributed by atoms with E-state index in [-0.39, 0.29) is 17.7 Å². The van der Waals surface area contributed by atoms with Crippen LogP contribution in [0.4, 0.5) is 8.78 Å². The first kappa shape index (κ1) is 18.9. The number of rotatable bonds is 2. The number of carbonyl (C=O) groups excluding carboxylic acids is 2. The lowest BCUT2D eigenvalue weighted by molar-refractivity contribution is -0.112. The lowest BCUT2D eigenvalue weighted by Gasteiger charge is -2.29. The number of aromatic nitrogens is 1. The van der Waals surface area contributed by atoms with Crippen LogP contribution in [0.3, 0.4) is 0 Å². The summed E-state index contributed by atoms with van der Waals surface area (Å²) >= 11 is 0. The monoisotopic (exact) mass is 395 g/mol. The molecule has 5 nitrogen and oxygen atoms in total. The summed E-state index contributed by atoms with van der Waals surface area (Å²) < 4.78 is 26.9. The zero-order valence-electron chi connectivity index (χ0n) is 15.9. The van der Waals surface area contributed by atoms with Crippen LogP contribution < -0.4 is 5.73 Å². The molecule has 0 bridgehead atoms. The highest BCUT2D eigenvalue weighted by Gasteiger charge is 2.36. The number of halogens is 2. The molecule has 1 aliphatic rings. The zero-order chi connectivity index (χ0) is 20.9. The predicted molar refractivity (Wildman–Crippen MR) is 106 cm³/mol. The quantitative estimate of drug-likeness (QED) is 0.694. The fourth-order valence-corrected chi connectivity index (χ4v) is 3.93. The average Bonchev–Trinajstić information content (AvgIpc) is 3.01. The fraction of sp³-hybridized carbons (Fsp3) is 0.182. The van der Waals surface area contributed by atoms with Gasteiger partial charge in [0, 0.05) is 34.6 Å². The minimum Gasteiger partial charge on any atom is -0.365 e. The molecule has 0 spiro atoms. The van der Waals surface area contributed by atoms with Crippen LogP contribution in [-0.2, 0) is 10.2 Å². The van der Waals surface area contributed by atoms with Crippen LogP contribution in [0.25, 0.3) is 16.5 Å². The first-order chi connectivity index (χ1) is 13.7. The van der Waals surface area contributed by atoms with Crippen LogP contribution >= 0.6 is 0 Å². The van der Waals surface area contributed by atoms with Crippen LogP contribution in [-0.4, -0.2) is 28.2 Å². The van der Waals surface area contributed by atoms with Gasteiger partial charge in [0.15, 0.2) is 11.6 Å². The molecule has 0 radical (unpaired) electrons. The summed E-state index contributed by atoms with van der Waals surface area (Å²) in [6.07, 6.45) is 1.38. The van der Waals surface area contributed by atoms with Gasteiger partial charge in [-0.1, -0.05) is 32.0 Å². The number of nitrogens with one attached hydrogen (secondary N) is 1. The van der Waals surface area contributed by atoms with Gasteiger partial charge in [-0.15, -0.1) is 0 Å². The standard InChI is InChI=1S/C22H19F2N3O2/c1-22(2)11-27(21(29)12-7-8-15(23)16(24)9-12)10-14(20(25)28)19-18(22)13-5-3-4-6-17(13)26-19/h3-10,26H,11H2,1-2H3,(H2,25,28). The fourth-order valence-electron chi connectivity index (χ4n) is 3.93. The second-order valence-electron chi connectivity index (χ2n) is 7.77. The molecule has 3 aromatic rings. The van der Waals surface area contributed by atoms with Gasteiger partial charge in [0.05, 0.1) is 11.3 Å². The minimum atomic E-state index is -1.11. The van der Waals surface area contributed by atoms with E-state index in [9.17, 15) is 18.4 Å². The van der Waals surface area contributed by atoms with Gasteiger partial charge in [0.1, 0.15) is 0 Å².